The number of hydrogen-bond acceptors (Lipinski definition) is 7. The first kappa shape index (κ1) is 24.1. The molecule has 0 saturated carbocycles. The molecule has 2 aromatic carbocycles. The van der Waals surface area contributed by atoms with Gasteiger partial charge in [0.2, 0.25) is 0 Å². The number of nitrogens with zero attached hydrogens (tertiary/aromatic N) is 4. The van der Waals surface area contributed by atoms with Crippen molar-refractivity contribution >= 4 is 35.1 Å². The van der Waals surface area contributed by atoms with Crippen LogP contribution in [0.2, 0.25) is 0 Å². The zero-order chi connectivity index (χ0) is 25.9. The van der Waals surface area contributed by atoms with Crippen LogP contribution in [0.1, 0.15) is 21.5 Å². The van der Waals surface area contributed by atoms with Crippen molar-refractivity contribution in [2.24, 2.45) is 11.0 Å². The highest BCUT2D eigenvalue weighted by molar-refractivity contribution is 6.21. The van der Waals surface area contributed by atoms with Crippen LogP contribution in [0.15, 0.2) is 76.6 Å². The van der Waals surface area contributed by atoms with E-state index in [0.717, 1.165) is 16.8 Å². The maximum atomic E-state index is 13.5. The Bertz CT molecular complexity index is 1310. The molecule has 1 saturated heterocycles. The van der Waals surface area contributed by atoms with Crippen LogP contribution >= 0.6 is 0 Å². The molecule has 37 heavy (non-hydrogen) atoms. The molecule has 3 aromatic rings. The van der Waals surface area contributed by atoms with Gasteiger partial charge in [0.15, 0.2) is 0 Å². The van der Waals surface area contributed by atoms with E-state index in [9.17, 15) is 19.5 Å². The lowest BCUT2D eigenvalue weighted by Crippen LogP contribution is -2.48. The molecule has 190 valence electrons. The van der Waals surface area contributed by atoms with Crippen molar-refractivity contribution in [2.45, 2.75) is 6.42 Å². The Morgan fingerprint density at radius 1 is 1.00 bits per heavy atom. The summed E-state index contributed by atoms with van der Waals surface area (Å²) in [5.41, 5.74) is 3.99. The van der Waals surface area contributed by atoms with Crippen LogP contribution in [0.5, 0.6) is 0 Å². The van der Waals surface area contributed by atoms with Crippen molar-refractivity contribution in [1.29, 1.82) is 0 Å². The van der Waals surface area contributed by atoms with Gasteiger partial charge in [-0.25, -0.2) is 9.59 Å². The summed E-state index contributed by atoms with van der Waals surface area (Å²) in [6, 6.07) is 15.9. The molecule has 1 aromatic heterocycles. The first-order valence-corrected chi connectivity index (χ1v) is 11.9. The number of aromatic carboxylic acids is 1. The van der Waals surface area contributed by atoms with Crippen molar-refractivity contribution in [3.05, 3.63) is 83.8 Å². The molecule has 0 aliphatic carbocycles. The van der Waals surface area contributed by atoms with Gasteiger partial charge in [0, 0.05) is 37.4 Å². The third-order valence-electron chi connectivity index (χ3n) is 6.67. The standard InChI is InChI=1S/C27H26N4O6/c1-36-27(35)30-13-11-29(12-14-30)21-6-2-18(3-7-21)16-23-24(20-10-15-37-17-20)28-31(25(23)32)22-8-4-19(5-9-22)26(33)34/h2-10,15,17,23H,11-14,16H2,1H3,(H,33,34). The molecular formula is C27H26N4O6. The summed E-state index contributed by atoms with van der Waals surface area (Å²) in [7, 11) is 1.39. The van der Waals surface area contributed by atoms with Gasteiger partial charge >= 0.3 is 12.1 Å². The predicted molar refractivity (Wildman–Crippen MR) is 136 cm³/mol. The van der Waals surface area contributed by atoms with E-state index in [4.69, 9.17) is 9.15 Å². The quantitative estimate of drug-likeness (QED) is 0.549. The molecule has 2 aliphatic rings. The summed E-state index contributed by atoms with van der Waals surface area (Å²) in [5, 5.41) is 15.1. The number of amides is 2. The zero-order valence-corrected chi connectivity index (χ0v) is 20.2. The molecule has 0 bridgehead atoms. The number of piperazine rings is 1. The fourth-order valence-corrected chi connectivity index (χ4v) is 4.63. The number of hydrazone groups is 1. The third-order valence-corrected chi connectivity index (χ3v) is 6.67. The number of carbonyl (C=O) groups is 3. The molecule has 2 aliphatic heterocycles. The minimum atomic E-state index is -1.03. The number of carboxylic acids is 1. The first-order chi connectivity index (χ1) is 17.9. The molecule has 1 atom stereocenters. The molecule has 5 rings (SSSR count). The molecule has 0 radical (unpaired) electrons. The highest BCUT2D eigenvalue weighted by Crippen LogP contribution is 2.30. The number of methoxy groups -OCH3 is 1. The Balaban J connectivity index is 1.32. The molecule has 2 amide bonds. The van der Waals surface area contributed by atoms with E-state index in [-0.39, 0.29) is 17.6 Å². The fourth-order valence-electron chi connectivity index (χ4n) is 4.63. The zero-order valence-electron chi connectivity index (χ0n) is 20.2. The van der Waals surface area contributed by atoms with Crippen molar-refractivity contribution in [2.75, 3.05) is 43.2 Å². The second-order valence-electron chi connectivity index (χ2n) is 8.87. The van der Waals surface area contributed by atoms with E-state index in [1.54, 1.807) is 35.6 Å². The van der Waals surface area contributed by atoms with Gasteiger partial charge in [-0.2, -0.15) is 10.1 Å². The van der Waals surface area contributed by atoms with Gasteiger partial charge in [-0.05, 0) is 54.4 Å². The predicted octanol–water partition coefficient (Wildman–Crippen LogP) is 3.48. The number of carbonyl (C=O) groups excluding carboxylic acids is 2. The summed E-state index contributed by atoms with van der Waals surface area (Å²) in [6.45, 7) is 2.61. The molecule has 1 N–H and O–H groups in total. The van der Waals surface area contributed by atoms with E-state index in [2.05, 4.69) is 10.0 Å². The van der Waals surface area contributed by atoms with Crippen molar-refractivity contribution in [1.82, 2.24) is 4.90 Å². The lowest BCUT2D eigenvalue weighted by molar-refractivity contribution is -0.119. The fraction of sp³-hybridized carbons (Fsp3) is 0.259. The Hall–Kier alpha value is -4.60. The van der Waals surface area contributed by atoms with Crippen LogP contribution in [0.25, 0.3) is 0 Å². The molecule has 10 nitrogen and oxygen atoms in total. The number of benzene rings is 2. The molecule has 10 heteroatoms. The number of hydrogen-bond donors (Lipinski definition) is 1. The van der Waals surface area contributed by atoms with Crippen molar-refractivity contribution in [3.8, 4) is 0 Å². The summed E-state index contributed by atoms with van der Waals surface area (Å²) < 4.78 is 10.0. The molecule has 1 fully saturated rings. The van der Waals surface area contributed by atoms with Crippen LogP contribution in [-0.4, -0.2) is 67.0 Å². The van der Waals surface area contributed by atoms with E-state index in [0.29, 0.717) is 44.0 Å². The smallest absolute Gasteiger partial charge is 0.409 e. The number of rotatable bonds is 6. The summed E-state index contributed by atoms with van der Waals surface area (Å²) in [5.74, 6) is -1.75. The SMILES string of the molecule is COC(=O)N1CCN(c2ccc(CC3C(=O)N(c4ccc(C(=O)O)cc4)N=C3c3ccoc3)cc2)CC1. The van der Waals surface area contributed by atoms with Crippen molar-refractivity contribution < 1.29 is 28.6 Å². The van der Waals surface area contributed by atoms with Crippen LogP contribution in [0.4, 0.5) is 16.2 Å². The monoisotopic (exact) mass is 502 g/mol. The van der Waals surface area contributed by atoms with Gasteiger partial charge in [-0.15, -0.1) is 0 Å². The van der Waals surface area contributed by atoms with E-state index < -0.39 is 11.9 Å². The van der Waals surface area contributed by atoms with E-state index in [1.165, 1.54) is 24.3 Å². The Labute approximate surface area is 213 Å². The largest absolute Gasteiger partial charge is 0.478 e. The second kappa shape index (κ2) is 10.2. The topological polar surface area (TPSA) is 116 Å². The Kier molecular flexibility index (Phi) is 6.63. The Morgan fingerprint density at radius 3 is 2.27 bits per heavy atom. The van der Waals surface area contributed by atoms with Crippen molar-refractivity contribution in [3.63, 3.8) is 0 Å². The number of furan rings is 1. The van der Waals surface area contributed by atoms with Crippen LogP contribution in [0, 0.1) is 5.92 Å². The normalized spacial score (nSPS) is 17.6. The second-order valence-corrected chi connectivity index (χ2v) is 8.87. The minimum Gasteiger partial charge on any atom is -0.478 e. The highest BCUT2D eigenvalue weighted by Gasteiger charge is 2.38. The third kappa shape index (κ3) is 4.90. The van der Waals surface area contributed by atoms with Crippen LogP contribution in [-0.2, 0) is 16.0 Å². The number of ether oxygens (including phenoxy) is 1. The summed E-state index contributed by atoms with van der Waals surface area (Å²) >= 11 is 0. The minimum absolute atomic E-state index is 0.137. The van der Waals surface area contributed by atoms with Gasteiger partial charge in [0.1, 0.15) is 0 Å². The number of anilines is 2. The molecular weight excluding hydrogens is 476 g/mol. The first-order valence-electron chi connectivity index (χ1n) is 11.9. The maximum Gasteiger partial charge on any atom is 0.409 e. The maximum absolute atomic E-state index is 13.5. The Morgan fingerprint density at radius 2 is 1.68 bits per heavy atom. The van der Waals surface area contributed by atoms with E-state index in [1.807, 2.05) is 24.3 Å². The average Bonchev–Trinajstić information content (AvgIpc) is 3.57. The van der Waals surface area contributed by atoms with Gasteiger partial charge < -0.3 is 24.1 Å². The van der Waals surface area contributed by atoms with E-state index >= 15 is 0 Å². The molecule has 3 heterocycles. The molecule has 0 spiro atoms. The van der Waals surface area contributed by atoms with Gasteiger partial charge in [0.25, 0.3) is 5.91 Å². The average molecular weight is 503 g/mol. The van der Waals surface area contributed by atoms with Gasteiger partial charge in [-0.3, -0.25) is 4.79 Å². The van der Waals surface area contributed by atoms with Crippen LogP contribution in [0.3, 0.4) is 0 Å². The molecule has 1 unspecified atom stereocenters. The highest BCUT2D eigenvalue weighted by atomic mass is 16.5. The summed E-state index contributed by atoms with van der Waals surface area (Å²) in [6.07, 6.45) is 3.24. The number of carboxylic acid groups (broad SMARTS) is 1. The lowest BCUT2D eigenvalue weighted by atomic mass is 9.91. The van der Waals surface area contributed by atoms with Gasteiger partial charge in [0.05, 0.1) is 42.5 Å². The lowest BCUT2D eigenvalue weighted by Gasteiger charge is -2.35. The van der Waals surface area contributed by atoms with Crippen LogP contribution < -0.4 is 9.91 Å². The summed E-state index contributed by atoms with van der Waals surface area (Å²) in [4.78, 5) is 40.3. The van der Waals surface area contributed by atoms with Gasteiger partial charge in [-0.1, -0.05) is 12.1 Å².